The summed E-state index contributed by atoms with van der Waals surface area (Å²) in [4.78, 5) is 19.8. The molecule has 3 atom stereocenters. The van der Waals surface area contributed by atoms with Crippen LogP contribution in [0.15, 0.2) is 6.20 Å². The SMILES string of the molecule is CN(c1nc(OC[C@@]23CCCN2C[C@H](F)C3)nc2c(F)c(Cl)ncc12)[C@@H]1CCN(C(C)(C)C)C1. The van der Waals surface area contributed by atoms with E-state index >= 15 is 0 Å². The average molecular weight is 495 g/mol. The van der Waals surface area contributed by atoms with Crippen LogP contribution in [-0.2, 0) is 0 Å². The van der Waals surface area contributed by atoms with Gasteiger partial charge in [0.1, 0.15) is 24.1 Å². The molecule has 3 saturated heterocycles. The number of pyridine rings is 1. The second-order valence-electron chi connectivity index (χ2n) is 11.0. The second kappa shape index (κ2) is 8.68. The minimum atomic E-state index is -0.849. The quantitative estimate of drug-likeness (QED) is 0.580. The van der Waals surface area contributed by atoms with E-state index in [4.69, 9.17) is 21.3 Å². The van der Waals surface area contributed by atoms with E-state index in [1.54, 1.807) is 0 Å². The molecule has 10 heteroatoms. The van der Waals surface area contributed by atoms with E-state index in [0.29, 0.717) is 24.2 Å². The molecule has 7 nitrogen and oxygen atoms in total. The van der Waals surface area contributed by atoms with Crippen LogP contribution in [0.25, 0.3) is 10.9 Å². The van der Waals surface area contributed by atoms with Crippen LogP contribution in [0, 0.1) is 5.82 Å². The molecule has 5 rings (SSSR count). The zero-order valence-corrected chi connectivity index (χ0v) is 21.1. The van der Waals surface area contributed by atoms with Gasteiger partial charge in [-0.05, 0) is 46.6 Å². The zero-order valence-electron chi connectivity index (χ0n) is 20.3. The molecule has 3 fully saturated rings. The minimum Gasteiger partial charge on any atom is -0.461 e. The molecule has 0 bridgehead atoms. The number of aromatic nitrogens is 3. The number of alkyl halides is 1. The van der Waals surface area contributed by atoms with E-state index in [1.165, 1.54) is 6.20 Å². The molecule has 0 saturated carbocycles. The van der Waals surface area contributed by atoms with E-state index in [1.807, 2.05) is 7.05 Å². The molecule has 2 aromatic rings. The molecule has 0 unspecified atom stereocenters. The molecule has 0 aliphatic carbocycles. The lowest BCUT2D eigenvalue weighted by Crippen LogP contribution is -2.43. The summed E-state index contributed by atoms with van der Waals surface area (Å²) in [5.74, 6) is -0.117. The molecular weight excluding hydrogens is 462 g/mol. The largest absolute Gasteiger partial charge is 0.461 e. The Balaban J connectivity index is 1.46. The van der Waals surface area contributed by atoms with Gasteiger partial charge in [-0.15, -0.1) is 0 Å². The maximum atomic E-state index is 15.0. The maximum Gasteiger partial charge on any atom is 0.319 e. The number of rotatable bonds is 5. The van der Waals surface area contributed by atoms with Gasteiger partial charge < -0.3 is 9.64 Å². The topological polar surface area (TPSA) is 57.6 Å². The van der Waals surface area contributed by atoms with Gasteiger partial charge in [-0.2, -0.15) is 9.97 Å². The van der Waals surface area contributed by atoms with Crippen LogP contribution < -0.4 is 9.64 Å². The number of nitrogens with zero attached hydrogens (tertiary/aromatic N) is 6. The van der Waals surface area contributed by atoms with E-state index in [0.717, 1.165) is 38.9 Å². The fourth-order valence-corrected chi connectivity index (χ4v) is 5.96. The van der Waals surface area contributed by atoms with Crippen LogP contribution in [0.2, 0.25) is 5.15 Å². The van der Waals surface area contributed by atoms with Crippen LogP contribution in [0.3, 0.4) is 0 Å². The van der Waals surface area contributed by atoms with Gasteiger partial charge in [-0.25, -0.2) is 13.8 Å². The number of fused-ring (bicyclic) bond motifs is 2. The molecule has 186 valence electrons. The van der Waals surface area contributed by atoms with E-state index < -0.39 is 12.0 Å². The van der Waals surface area contributed by atoms with Gasteiger partial charge in [0.2, 0.25) is 0 Å². The van der Waals surface area contributed by atoms with Crippen LogP contribution in [0.4, 0.5) is 14.6 Å². The third-order valence-corrected chi connectivity index (χ3v) is 8.09. The Hall–Kier alpha value is -1.84. The first-order valence-electron chi connectivity index (χ1n) is 12.1. The van der Waals surface area contributed by atoms with Crippen molar-refractivity contribution in [1.29, 1.82) is 0 Å². The van der Waals surface area contributed by atoms with Gasteiger partial charge in [0.05, 0.1) is 10.9 Å². The normalized spacial score (nSPS) is 28.1. The molecule has 3 aliphatic heterocycles. The van der Waals surface area contributed by atoms with Crippen molar-refractivity contribution in [1.82, 2.24) is 24.8 Å². The Morgan fingerprint density at radius 1 is 1.26 bits per heavy atom. The standard InChI is InChI=1S/C24H33ClF2N6O/c1-23(2,3)32-9-6-16(13-32)31(4)21-17-11-28-20(25)18(27)19(17)29-22(30-21)34-14-24-7-5-8-33(24)12-15(26)10-24/h11,15-16H,5-10,12-14H2,1-4H3/t15-,16-,24+/m1/s1. The van der Waals surface area contributed by atoms with Gasteiger partial charge in [0.15, 0.2) is 11.0 Å². The minimum absolute atomic E-state index is 0.0703. The fourth-order valence-electron chi connectivity index (χ4n) is 5.82. The van der Waals surface area contributed by atoms with Gasteiger partial charge in [-0.3, -0.25) is 9.80 Å². The summed E-state index contributed by atoms with van der Waals surface area (Å²) < 4.78 is 35.2. The number of likely N-dealkylation sites (N-methyl/N-ethyl adjacent to an activating group) is 1. The first-order chi connectivity index (χ1) is 16.1. The third kappa shape index (κ3) is 4.20. The Morgan fingerprint density at radius 2 is 2.06 bits per heavy atom. The Kier molecular flexibility index (Phi) is 6.09. The van der Waals surface area contributed by atoms with Crippen LogP contribution in [-0.4, -0.2) is 87.9 Å². The third-order valence-electron chi connectivity index (χ3n) is 7.83. The summed E-state index contributed by atoms with van der Waals surface area (Å²) >= 11 is 5.98. The van der Waals surface area contributed by atoms with E-state index in [2.05, 4.69) is 45.4 Å². The van der Waals surface area contributed by atoms with Crippen molar-refractivity contribution >= 4 is 28.3 Å². The first-order valence-corrected chi connectivity index (χ1v) is 12.5. The summed E-state index contributed by atoms with van der Waals surface area (Å²) in [6, 6.07) is 0.291. The van der Waals surface area contributed by atoms with E-state index in [9.17, 15) is 8.78 Å². The van der Waals surface area contributed by atoms with Crippen molar-refractivity contribution in [3.63, 3.8) is 0 Å². The Morgan fingerprint density at radius 3 is 2.79 bits per heavy atom. The highest BCUT2D eigenvalue weighted by Gasteiger charge is 2.49. The van der Waals surface area contributed by atoms with Crippen LogP contribution in [0.5, 0.6) is 6.01 Å². The van der Waals surface area contributed by atoms with Crippen molar-refractivity contribution < 1.29 is 13.5 Å². The molecule has 34 heavy (non-hydrogen) atoms. The zero-order chi connectivity index (χ0) is 24.3. The van der Waals surface area contributed by atoms with Crippen LogP contribution >= 0.6 is 11.6 Å². The second-order valence-corrected chi connectivity index (χ2v) is 11.3. The molecule has 0 spiro atoms. The lowest BCUT2D eigenvalue weighted by Gasteiger charge is -2.33. The molecule has 2 aromatic heterocycles. The molecule has 0 N–H and O–H groups in total. The number of ether oxygens (including phenoxy) is 1. The summed E-state index contributed by atoms with van der Waals surface area (Å²) in [7, 11) is 1.97. The number of halogens is 3. The predicted molar refractivity (Wildman–Crippen MR) is 129 cm³/mol. The van der Waals surface area contributed by atoms with Gasteiger partial charge >= 0.3 is 6.01 Å². The number of anilines is 1. The van der Waals surface area contributed by atoms with Gasteiger partial charge in [0.25, 0.3) is 0 Å². The molecule has 0 aromatic carbocycles. The highest BCUT2D eigenvalue weighted by molar-refractivity contribution is 6.30. The molecular formula is C24H33ClF2N6O. The summed E-state index contributed by atoms with van der Waals surface area (Å²) in [5.41, 5.74) is -0.175. The maximum absolute atomic E-state index is 15.0. The monoisotopic (exact) mass is 494 g/mol. The summed E-state index contributed by atoms with van der Waals surface area (Å²) in [6.07, 6.45) is 3.98. The number of hydrogen-bond acceptors (Lipinski definition) is 7. The van der Waals surface area contributed by atoms with Crippen molar-refractivity contribution in [2.75, 3.05) is 44.7 Å². The highest BCUT2D eigenvalue weighted by atomic mass is 35.5. The number of likely N-dealkylation sites (tertiary alicyclic amines) is 1. The molecule has 5 heterocycles. The van der Waals surface area contributed by atoms with Crippen molar-refractivity contribution in [3.05, 3.63) is 17.2 Å². The Bertz CT molecular complexity index is 1080. The molecule has 0 radical (unpaired) electrons. The predicted octanol–water partition coefficient (Wildman–Crippen LogP) is 4.08. The average Bonchev–Trinajstić information content (AvgIpc) is 3.48. The molecule has 3 aliphatic rings. The first kappa shape index (κ1) is 23.9. The fraction of sp³-hybridized carbons (Fsp3) is 0.708. The summed E-state index contributed by atoms with van der Waals surface area (Å²) in [6.45, 7) is 10.1. The smallest absolute Gasteiger partial charge is 0.319 e. The van der Waals surface area contributed by atoms with Crippen LogP contribution in [0.1, 0.15) is 46.5 Å². The van der Waals surface area contributed by atoms with Crippen molar-refractivity contribution in [2.24, 2.45) is 0 Å². The summed E-state index contributed by atoms with van der Waals surface area (Å²) in [5, 5.41) is 0.262. The molecule has 0 amide bonds. The van der Waals surface area contributed by atoms with E-state index in [-0.39, 0.29) is 40.4 Å². The van der Waals surface area contributed by atoms with Gasteiger partial charge in [0, 0.05) is 50.9 Å². The lowest BCUT2D eigenvalue weighted by atomic mass is 9.95. The van der Waals surface area contributed by atoms with Gasteiger partial charge in [-0.1, -0.05) is 11.6 Å². The lowest BCUT2D eigenvalue weighted by molar-refractivity contribution is 0.107. The Labute approximate surface area is 204 Å². The number of hydrogen-bond donors (Lipinski definition) is 0. The highest BCUT2D eigenvalue weighted by Crippen LogP contribution is 2.40. The van der Waals surface area contributed by atoms with Crippen molar-refractivity contribution in [2.45, 2.75) is 69.7 Å². The van der Waals surface area contributed by atoms with Crippen molar-refractivity contribution in [3.8, 4) is 6.01 Å².